The van der Waals surface area contributed by atoms with Crippen LogP contribution < -0.4 is 5.32 Å². The second-order valence-electron chi connectivity index (χ2n) is 5.81. The molecule has 0 saturated heterocycles. The second kappa shape index (κ2) is 4.98. The zero-order valence-corrected chi connectivity index (χ0v) is 11.9. The van der Waals surface area contributed by atoms with Gasteiger partial charge in [0.05, 0.1) is 6.04 Å². The van der Waals surface area contributed by atoms with Crippen molar-refractivity contribution in [3.05, 3.63) is 47.0 Å². The third-order valence-corrected chi connectivity index (χ3v) is 4.52. The number of aryl methyl sites for hydroxylation is 2. The number of amides is 1. The van der Waals surface area contributed by atoms with Crippen molar-refractivity contribution in [2.75, 3.05) is 0 Å². The summed E-state index contributed by atoms with van der Waals surface area (Å²) in [5, 5.41) is 7.34. The van der Waals surface area contributed by atoms with Crippen molar-refractivity contribution in [2.45, 2.75) is 44.7 Å². The molecule has 0 bridgehead atoms. The lowest BCUT2D eigenvalue weighted by molar-refractivity contribution is 0.0926. The molecule has 1 aromatic carbocycles. The Balaban J connectivity index is 1.59. The van der Waals surface area contributed by atoms with E-state index in [1.165, 1.54) is 11.1 Å². The van der Waals surface area contributed by atoms with E-state index in [0.717, 1.165) is 50.0 Å². The number of nitrogens with one attached hydrogen (secondary N) is 1. The fraction of sp³-hybridized carbons (Fsp3) is 0.438. The van der Waals surface area contributed by atoms with Crippen LogP contribution in [0.5, 0.6) is 0 Å². The van der Waals surface area contributed by atoms with Gasteiger partial charge in [-0.25, -0.2) is 9.67 Å². The Hall–Kier alpha value is -2.17. The van der Waals surface area contributed by atoms with Crippen LogP contribution in [-0.4, -0.2) is 20.7 Å². The van der Waals surface area contributed by atoms with Gasteiger partial charge in [0.25, 0.3) is 5.91 Å². The molecule has 1 aromatic heterocycles. The molecule has 4 rings (SSSR count). The number of hydrogen-bond acceptors (Lipinski definition) is 3. The summed E-state index contributed by atoms with van der Waals surface area (Å²) in [6.07, 6.45) is 6.78. The number of benzene rings is 1. The maximum Gasteiger partial charge on any atom is 0.252 e. The van der Waals surface area contributed by atoms with Gasteiger partial charge in [-0.1, -0.05) is 12.1 Å². The fourth-order valence-electron chi connectivity index (χ4n) is 3.49. The van der Waals surface area contributed by atoms with Crippen molar-refractivity contribution in [1.29, 1.82) is 0 Å². The Morgan fingerprint density at radius 3 is 3.19 bits per heavy atom. The Kier molecular flexibility index (Phi) is 2.98. The Morgan fingerprint density at radius 2 is 2.24 bits per heavy atom. The minimum Gasteiger partial charge on any atom is -0.342 e. The molecule has 1 N–H and O–H groups in total. The van der Waals surface area contributed by atoms with E-state index in [1.807, 2.05) is 16.8 Å². The summed E-state index contributed by atoms with van der Waals surface area (Å²) in [6, 6.07) is 6.04. The predicted molar refractivity (Wildman–Crippen MR) is 77.9 cm³/mol. The molecule has 0 saturated carbocycles. The van der Waals surface area contributed by atoms with Crippen LogP contribution in [0.4, 0.5) is 0 Å². The lowest BCUT2D eigenvalue weighted by atomic mass is 10.0. The van der Waals surface area contributed by atoms with Gasteiger partial charge in [0, 0.05) is 12.1 Å². The first-order valence-corrected chi connectivity index (χ1v) is 7.62. The molecule has 0 spiro atoms. The molecule has 21 heavy (non-hydrogen) atoms. The molecule has 1 amide bonds. The highest BCUT2D eigenvalue weighted by atomic mass is 16.1. The maximum absolute atomic E-state index is 12.6. The van der Waals surface area contributed by atoms with Crippen LogP contribution in [0.15, 0.2) is 24.5 Å². The van der Waals surface area contributed by atoms with Crippen LogP contribution in [0.25, 0.3) is 0 Å². The highest BCUT2D eigenvalue weighted by Crippen LogP contribution is 2.27. The highest BCUT2D eigenvalue weighted by molar-refractivity contribution is 5.96. The lowest BCUT2D eigenvalue weighted by Crippen LogP contribution is -2.33. The van der Waals surface area contributed by atoms with Gasteiger partial charge in [-0.05, 0) is 49.3 Å². The van der Waals surface area contributed by atoms with Crippen molar-refractivity contribution in [1.82, 2.24) is 20.1 Å². The maximum atomic E-state index is 12.6. The number of aromatic nitrogens is 3. The topological polar surface area (TPSA) is 59.8 Å². The molecule has 108 valence electrons. The number of carbonyl (C=O) groups excluding carboxylic acids is 1. The van der Waals surface area contributed by atoms with Gasteiger partial charge >= 0.3 is 0 Å². The standard InChI is InChI=1S/C16H18N4O/c21-16(13-7-2-5-11-4-1-6-12(11)13)19-14-8-3-9-20-15(14)17-10-18-20/h2,5,7,10,14H,1,3-4,6,8-9H2,(H,19,21). The molecule has 5 nitrogen and oxygen atoms in total. The first-order chi connectivity index (χ1) is 10.3. The van der Waals surface area contributed by atoms with Gasteiger partial charge in [0.1, 0.15) is 12.2 Å². The molecule has 1 atom stereocenters. The van der Waals surface area contributed by atoms with E-state index >= 15 is 0 Å². The molecule has 2 heterocycles. The summed E-state index contributed by atoms with van der Waals surface area (Å²) in [6.45, 7) is 0.891. The van der Waals surface area contributed by atoms with E-state index in [4.69, 9.17) is 0 Å². The lowest BCUT2D eigenvalue weighted by Gasteiger charge is -2.23. The predicted octanol–water partition coefficient (Wildman–Crippen LogP) is 2.03. The zero-order chi connectivity index (χ0) is 14.2. The van der Waals surface area contributed by atoms with E-state index in [0.29, 0.717) is 0 Å². The van der Waals surface area contributed by atoms with Gasteiger partial charge in [-0.15, -0.1) is 0 Å². The Morgan fingerprint density at radius 1 is 1.29 bits per heavy atom. The minimum absolute atomic E-state index is 0.0222. The monoisotopic (exact) mass is 282 g/mol. The first kappa shape index (κ1) is 12.6. The average Bonchev–Trinajstić information content (AvgIpc) is 3.15. The Labute approximate surface area is 123 Å². The molecule has 1 aliphatic carbocycles. The Bertz CT molecular complexity index is 691. The number of rotatable bonds is 2. The van der Waals surface area contributed by atoms with E-state index in [1.54, 1.807) is 6.33 Å². The fourth-order valence-corrected chi connectivity index (χ4v) is 3.49. The smallest absolute Gasteiger partial charge is 0.252 e. The molecular weight excluding hydrogens is 264 g/mol. The van der Waals surface area contributed by atoms with E-state index < -0.39 is 0 Å². The average molecular weight is 282 g/mol. The molecule has 1 aliphatic heterocycles. The van der Waals surface area contributed by atoms with Crippen LogP contribution in [0.3, 0.4) is 0 Å². The van der Waals surface area contributed by atoms with E-state index in [2.05, 4.69) is 21.5 Å². The molecule has 0 fully saturated rings. The number of carbonyl (C=O) groups is 1. The second-order valence-corrected chi connectivity index (χ2v) is 5.81. The SMILES string of the molecule is O=C(NC1CCCn2ncnc21)c1cccc2c1CCC2. The molecule has 5 heteroatoms. The number of hydrogen-bond donors (Lipinski definition) is 1. The van der Waals surface area contributed by atoms with Crippen molar-refractivity contribution >= 4 is 5.91 Å². The molecule has 1 unspecified atom stereocenters. The summed E-state index contributed by atoms with van der Waals surface area (Å²) in [7, 11) is 0. The number of fused-ring (bicyclic) bond motifs is 2. The van der Waals surface area contributed by atoms with Crippen LogP contribution in [0.2, 0.25) is 0 Å². The molecular formula is C16H18N4O. The van der Waals surface area contributed by atoms with Gasteiger partial charge in [-0.2, -0.15) is 5.10 Å². The van der Waals surface area contributed by atoms with Crippen molar-refractivity contribution in [2.24, 2.45) is 0 Å². The van der Waals surface area contributed by atoms with Crippen LogP contribution in [0, 0.1) is 0 Å². The van der Waals surface area contributed by atoms with E-state index in [-0.39, 0.29) is 11.9 Å². The zero-order valence-electron chi connectivity index (χ0n) is 11.9. The molecule has 2 aromatic rings. The summed E-state index contributed by atoms with van der Waals surface area (Å²) < 4.78 is 1.89. The molecule has 2 aliphatic rings. The van der Waals surface area contributed by atoms with Crippen LogP contribution >= 0.6 is 0 Å². The summed E-state index contributed by atoms with van der Waals surface area (Å²) in [4.78, 5) is 16.9. The van der Waals surface area contributed by atoms with Crippen molar-refractivity contribution in [3.63, 3.8) is 0 Å². The summed E-state index contributed by atoms with van der Waals surface area (Å²) in [5.74, 6) is 0.900. The summed E-state index contributed by atoms with van der Waals surface area (Å²) in [5.41, 5.74) is 3.39. The quantitative estimate of drug-likeness (QED) is 0.917. The highest BCUT2D eigenvalue weighted by Gasteiger charge is 2.26. The van der Waals surface area contributed by atoms with Crippen molar-refractivity contribution in [3.8, 4) is 0 Å². The first-order valence-electron chi connectivity index (χ1n) is 7.62. The molecule has 0 radical (unpaired) electrons. The number of nitrogens with zero attached hydrogens (tertiary/aromatic N) is 3. The van der Waals surface area contributed by atoms with Gasteiger partial charge in [0.2, 0.25) is 0 Å². The van der Waals surface area contributed by atoms with Gasteiger partial charge in [-0.3, -0.25) is 4.79 Å². The third-order valence-electron chi connectivity index (χ3n) is 4.52. The van der Waals surface area contributed by atoms with Gasteiger partial charge < -0.3 is 5.32 Å². The normalized spacial score (nSPS) is 19.9. The van der Waals surface area contributed by atoms with Crippen LogP contribution in [0.1, 0.15) is 52.6 Å². The third kappa shape index (κ3) is 2.13. The van der Waals surface area contributed by atoms with Gasteiger partial charge in [0.15, 0.2) is 0 Å². The van der Waals surface area contributed by atoms with Crippen molar-refractivity contribution < 1.29 is 4.79 Å². The van der Waals surface area contributed by atoms with E-state index in [9.17, 15) is 4.79 Å². The largest absolute Gasteiger partial charge is 0.342 e. The van der Waals surface area contributed by atoms with Crippen LogP contribution in [-0.2, 0) is 19.4 Å². The minimum atomic E-state index is -0.0222. The summed E-state index contributed by atoms with van der Waals surface area (Å²) >= 11 is 0.